The summed E-state index contributed by atoms with van der Waals surface area (Å²) in [5, 5.41) is 4.81. The highest BCUT2D eigenvalue weighted by Crippen LogP contribution is 2.63. The summed E-state index contributed by atoms with van der Waals surface area (Å²) in [6.07, 6.45) is 0. The van der Waals surface area contributed by atoms with Gasteiger partial charge in [-0.2, -0.15) is 0 Å². The molecule has 1 aromatic heterocycles. The number of hydrogen-bond donors (Lipinski definition) is 0. The van der Waals surface area contributed by atoms with Gasteiger partial charge in [0.1, 0.15) is 0 Å². The van der Waals surface area contributed by atoms with Crippen LogP contribution in [0.15, 0.2) is 285 Å². The van der Waals surface area contributed by atoms with Crippen LogP contribution in [0.25, 0.3) is 71.6 Å². The third-order valence-corrected chi connectivity index (χ3v) is 15.7. The molecule has 13 aromatic rings. The molecule has 0 N–H and O–H groups in total. The lowest BCUT2D eigenvalue weighted by atomic mass is 9.70. The predicted molar refractivity (Wildman–Crippen MR) is 309 cm³/mol. The first kappa shape index (κ1) is 42.0. The van der Waals surface area contributed by atoms with Gasteiger partial charge in [-0.1, -0.05) is 194 Å². The molecule has 1 heterocycles. The van der Waals surface area contributed by atoms with E-state index in [0.717, 1.165) is 50.9 Å². The average molecular weight is 942 g/mol. The van der Waals surface area contributed by atoms with Crippen molar-refractivity contribution < 1.29 is 0 Å². The Balaban J connectivity index is 1.01. The van der Waals surface area contributed by atoms with Gasteiger partial charge in [0.15, 0.2) is 0 Å². The Morgan fingerprint density at radius 2 is 0.784 bits per heavy atom. The summed E-state index contributed by atoms with van der Waals surface area (Å²) in [6, 6.07) is 105. The zero-order chi connectivity index (χ0) is 48.7. The molecule has 3 nitrogen and oxygen atoms in total. The molecule has 12 aromatic carbocycles. The van der Waals surface area contributed by atoms with Crippen LogP contribution in [0, 0.1) is 0 Å². The fourth-order valence-corrected chi connectivity index (χ4v) is 12.7. The third kappa shape index (κ3) is 6.27. The predicted octanol–water partition coefficient (Wildman–Crippen LogP) is 18.9. The van der Waals surface area contributed by atoms with Gasteiger partial charge in [-0.05, 0) is 152 Å². The maximum atomic E-state index is 2.50. The molecule has 0 radical (unpaired) electrons. The van der Waals surface area contributed by atoms with E-state index < -0.39 is 5.41 Å². The van der Waals surface area contributed by atoms with E-state index in [1.54, 1.807) is 0 Å². The van der Waals surface area contributed by atoms with Crippen LogP contribution in [0.1, 0.15) is 22.3 Å². The Morgan fingerprint density at radius 3 is 1.46 bits per heavy atom. The minimum atomic E-state index is -0.489. The second-order valence-corrected chi connectivity index (χ2v) is 19.6. The first-order valence-electron chi connectivity index (χ1n) is 25.6. The van der Waals surface area contributed by atoms with Crippen molar-refractivity contribution >= 4 is 66.7 Å². The summed E-state index contributed by atoms with van der Waals surface area (Å²) >= 11 is 0. The van der Waals surface area contributed by atoms with Crippen LogP contribution < -0.4 is 9.80 Å². The van der Waals surface area contributed by atoms with Crippen LogP contribution in [0.3, 0.4) is 0 Å². The lowest BCUT2D eigenvalue weighted by Gasteiger charge is -2.33. The molecule has 0 atom stereocenters. The largest absolute Gasteiger partial charge is 0.310 e. The van der Waals surface area contributed by atoms with Crippen LogP contribution in [0.2, 0.25) is 0 Å². The van der Waals surface area contributed by atoms with E-state index >= 15 is 0 Å². The highest BCUT2D eigenvalue weighted by molar-refractivity contribution is 6.11. The lowest BCUT2D eigenvalue weighted by molar-refractivity contribution is 0.793. The van der Waals surface area contributed by atoms with Gasteiger partial charge in [-0.15, -0.1) is 0 Å². The Morgan fingerprint density at radius 1 is 0.270 bits per heavy atom. The fourth-order valence-electron chi connectivity index (χ4n) is 12.7. The van der Waals surface area contributed by atoms with Gasteiger partial charge in [0.25, 0.3) is 0 Å². The number of para-hydroxylation sites is 4. The van der Waals surface area contributed by atoms with Gasteiger partial charge in [0.2, 0.25) is 0 Å². The van der Waals surface area contributed by atoms with Crippen LogP contribution >= 0.6 is 0 Å². The topological polar surface area (TPSA) is 11.4 Å². The fraction of sp³-hybridized carbons (Fsp3) is 0.0141. The van der Waals surface area contributed by atoms with Gasteiger partial charge >= 0.3 is 0 Å². The van der Waals surface area contributed by atoms with E-state index in [1.165, 1.54) is 77.1 Å². The summed E-state index contributed by atoms with van der Waals surface area (Å²) in [4.78, 5) is 4.92. The highest BCUT2D eigenvalue weighted by atomic mass is 15.2. The van der Waals surface area contributed by atoms with Crippen molar-refractivity contribution in [3.05, 3.63) is 307 Å². The first-order chi connectivity index (χ1) is 36.7. The summed E-state index contributed by atoms with van der Waals surface area (Å²) in [7, 11) is 0. The molecule has 0 saturated carbocycles. The second-order valence-electron chi connectivity index (χ2n) is 19.6. The Kier molecular flexibility index (Phi) is 9.48. The van der Waals surface area contributed by atoms with Crippen LogP contribution in [-0.2, 0) is 5.41 Å². The van der Waals surface area contributed by atoms with E-state index in [2.05, 4.69) is 299 Å². The number of nitrogens with zero attached hydrogens (tertiary/aromatic N) is 3. The maximum Gasteiger partial charge on any atom is 0.0726 e. The molecule has 3 heteroatoms. The maximum absolute atomic E-state index is 2.50. The molecule has 0 saturated heterocycles. The zero-order valence-corrected chi connectivity index (χ0v) is 40.5. The molecule has 0 aliphatic heterocycles. The van der Waals surface area contributed by atoms with E-state index in [1.807, 2.05) is 0 Å². The molecule has 2 aliphatic rings. The van der Waals surface area contributed by atoms with Crippen molar-refractivity contribution in [2.75, 3.05) is 9.80 Å². The normalized spacial score (nSPS) is 12.7. The molecule has 74 heavy (non-hydrogen) atoms. The molecule has 1 spiro atoms. The number of hydrogen-bond acceptors (Lipinski definition) is 2. The SMILES string of the molecule is c1ccc(N(c2cc(-c3ccc4c(c3)c3ccccc3n4-c3ccccc3)cc(N(c3ccccc3)c3cccc4ccccc34)c2)c2ccc3c(c2)C2(c4ccccc4-c4ccccc42)c2ccccc2-3)cc1. The van der Waals surface area contributed by atoms with Crippen molar-refractivity contribution in [3.8, 4) is 39.1 Å². The van der Waals surface area contributed by atoms with Gasteiger partial charge < -0.3 is 14.4 Å². The molecular formula is C71H47N3. The van der Waals surface area contributed by atoms with E-state index in [0.29, 0.717) is 0 Å². The Bertz CT molecular complexity index is 4260. The number of anilines is 6. The van der Waals surface area contributed by atoms with Crippen LogP contribution in [-0.4, -0.2) is 4.57 Å². The van der Waals surface area contributed by atoms with Crippen molar-refractivity contribution in [1.82, 2.24) is 4.57 Å². The minimum absolute atomic E-state index is 0.489. The lowest BCUT2D eigenvalue weighted by Crippen LogP contribution is -2.26. The average Bonchev–Trinajstić information content (AvgIpc) is 4.08. The third-order valence-electron chi connectivity index (χ3n) is 15.7. The van der Waals surface area contributed by atoms with Crippen molar-refractivity contribution in [3.63, 3.8) is 0 Å². The van der Waals surface area contributed by atoms with Gasteiger partial charge in [0, 0.05) is 50.3 Å². The minimum Gasteiger partial charge on any atom is -0.310 e. The van der Waals surface area contributed by atoms with E-state index in [9.17, 15) is 0 Å². The summed E-state index contributed by atoms with van der Waals surface area (Å²) in [6.45, 7) is 0. The molecule has 0 bridgehead atoms. The highest BCUT2D eigenvalue weighted by Gasteiger charge is 2.51. The molecule has 0 unspecified atom stereocenters. The van der Waals surface area contributed by atoms with E-state index in [-0.39, 0.29) is 0 Å². The molecule has 15 rings (SSSR count). The summed E-state index contributed by atoms with van der Waals surface area (Å²) < 4.78 is 2.39. The monoisotopic (exact) mass is 941 g/mol. The van der Waals surface area contributed by atoms with Crippen LogP contribution in [0.5, 0.6) is 0 Å². The molecular weight excluding hydrogens is 895 g/mol. The summed E-state index contributed by atoms with van der Waals surface area (Å²) in [5.41, 5.74) is 22.2. The number of rotatable bonds is 8. The number of aromatic nitrogens is 1. The molecule has 0 amide bonds. The number of fused-ring (bicyclic) bond motifs is 14. The second kappa shape index (κ2) is 16.7. The molecule has 0 fully saturated rings. The van der Waals surface area contributed by atoms with E-state index in [4.69, 9.17) is 0 Å². The Hall–Kier alpha value is -9.70. The van der Waals surface area contributed by atoms with Gasteiger partial charge in [-0.25, -0.2) is 0 Å². The van der Waals surface area contributed by atoms with Crippen LogP contribution in [0.4, 0.5) is 34.1 Å². The standard InChI is InChI=1S/C71H47N3/c1-4-23-51(24-5-1)72(54-40-41-61-60-32-14-18-36-66(60)71(67(61)47-54)64-34-16-12-30-58(64)59-31-13-17-35-65(59)71)55-43-50(49-39-42-70-63(45-49)62-33-15-19-37-69(62)74(70)53-27-8-3-9-28-53)44-56(46-55)73(52-25-6-2-7-26-52)68-38-20-22-48-21-10-11-29-57(48)68/h1-47H. The smallest absolute Gasteiger partial charge is 0.0726 e. The summed E-state index contributed by atoms with van der Waals surface area (Å²) in [5.74, 6) is 0. The zero-order valence-electron chi connectivity index (χ0n) is 40.5. The van der Waals surface area contributed by atoms with Crippen molar-refractivity contribution in [2.45, 2.75) is 5.41 Å². The molecule has 2 aliphatic carbocycles. The van der Waals surface area contributed by atoms with Gasteiger partial charge in [-0.3, -0.25) is 0 Å². The van der Waals surface area contributed by atoms with Crippen molar-refractivity contribution in [2.24, 2.45) is 0 Å². The van der Waals surface area contributed by atoms with Crippen molar-refractivity contribution in [1.29, 1.82) is 0 Å². The Labute approximate surface area is 430 Å². The number of benzene rings is 12. The molecule has 346 valence electrons. The first-order valence-corrected chi connectivity index (χ1v) is 25.6. The quantitative estimate of drug-likeness (QED) is 0.150. The van der Waals surface area contributed by atoms with Gasteiger partial charge in [0.05, 0.1) is 22.1 Å².